The number of benzene rings is 1. The Bertz CT molecular complexity index is 701. The minimum Gasteiger partial charge on any atom is -0.326 e. The van der Waals surface area contributed by atoms with Crippen LogP contribution in [0.5, 0.6) is 0 Å². The summed E-state index contributed by atoms with van der Waals surface area (Å²) in [5.41, 5.74) is 8.40. The van der Waals surface area contributed by atoms with Crippen molar-refractivity contribution in [2.75, 3.05) is 0 Å². The largest absolute Gasteiger partial charge is 0.326 e. The second kappa shape index (κ2) is 4.97. The molecule has 0 saturated carbocycles. The number of nitrogens with two attached hydrogens (primary N) is 1. The Labute approximate surface area is 118 Å². The van der Waals surface area contributed by atoms with Crippen LogP contribution in [0.15, 0.2) is 47.6 Å². The lowest BCUT2D eigenvalue weighted by molar-refractivity contribution is 0.429. The van der Waals surface area contributed by atoms with Gasteiger partial charge in [-0.2, -0.15) is 4.31 Å². The molecule has 1 aromatic carbocycles. The molecule has 0 atom stereocenters. The summed E-state index contributed by atoms with van der Waals surface area (Å²) in [6, 6.07) is 11.0. The number of pyridine rings is 1. The van der Waals surface area contributed by atoms with Gasteiger partial charge in [0.2, 0.25) is 0 Å². The van der Waals surface area contributed by atoms with Gasteiger partial charge in [-0.05, 0) is 22.8 Å². The van der Waals surface area contributed by atoms with Gasteiger partial charge in [0.25, 0.3) is 10.0 Å². The van der Waals surface area contributed by atoms with Crippen molar-refractivity contribution in [3.63, 3.8) is 0 Å². The van der Waals surface area contributed by atoms with Crippen LogP contribution in [0.2, 0.25) is 0 Å². The van der Waals surface area contributed by atoms with Gasteiger partial charge in [0.1, 0.15) is 0 Å². The summed E-state index contributed by atoms with van der Waals surface area (Å²) in [6.07, 6.45) is 1.51. The van der Waals surface area contributed by atoms with E-state index in [-0.39, 0.29) is 5.03 Å². The van der Waals surface area contributed by atoms with Crippen LogP contribution in [0.3, 0.4) is 0 Å². The van der Waals surface area contributed by atoms with Gasteiger partial charge in [-0.3, -0.25) is 0 Å². The van der Waals surface area contributed by atoms with Gasteiger partial charge in [-0.25, -0.2) is 13.4 Å². The number of hydrogen-bond acceptors (Lipinski definition) is 4. The van der Waals surface area contributed by atoms with Crippen LogP contribution in [-0.2, 0) is 29.7 Å². The van der Waals surface area contributed by atoms with Crippen LogP contribution >= 0.6 is 0 Å². The Morgan fingerprint density at radius 1 is 1.10 bits per heavy atom. The van der Waals surface area contributed by atoms with Gasteiger partial charge < -0.3 is 5.73 Å². The van der Waals surface area contributed by atoms with E-state index in [1.807, 2.05) is 24.3 Å². The van der Waals surface area contributed by atoms with E-state index in [0.29, 0.717) is 19.6 Å². The molecule has 2 heterocycles. The lowest BCUT2D eigenvalue weighted by Crippen LogP contribution is -2.26. The summed E-state index contributed by atoms with van der Waals surface area (Å²) in [6.45, 7) is 1.15. The molecule has 1 aliphatic heterocycles. The fourth-order valence-corrected chi connectivity index (χ4v) is 3.60. The molecule has 0 radical (unpaired) electrons. The topological polar surface area (TPSA) is 76.3 Å². The highest BCUT2D eigenvalue weighted by atomic mass is 32.2. The van der Waals surface area contributed by atoms with E-state index in [4.69, 9.17) is 5.73 Å². The van der Waals surface area contributed by atoms with Gasteiger partial charge in [0, 0.05) is 25.8 Å². The molecule has 0 saturated heterocycles. The molecule has 1 aromatic heterocycles. The monoisotopic (exact) mass is 289 g/mol. The maximum atomic E-state index is 12.5. The predicted octanol–water partition coefficient (Wildman–Crippen LogP) is 1.24. The van der Waals surface area contributed by atoms with Crippen molar-refractivity contribution in [3.05, 3.63) is 59.3 Å². The summed E-state index contributed by atoms with van der Waals surface area (Å²) in [5.74, 6) is 0. The molecule has 5 nitrogen and oxygen atoms in total. The van der Waals surface area contributed by atoms with Crippen molar-refractivity contribution < 1.29 is 8.42 Å². The number of nitrogens with zero attached hydrogens (tertiary/aromatic N) is 2. The summed E-state index contributed by atoms with van der Waals surface area (Å²) >= 11 is 0. The van der Waals surface area contributed by atoms with Crippen molar-refractivity contribution in [1.82, 2.24) is 9.29 Å². The van der Waals surface area contributed by atoms with Gasteiger partial charge in [0.15, 0.2) is 5.03 Å². The third-order valence-electron chi connectivity index (χ3n) is 3.45. The highest BCUT2D eigenvalue weighted by Gasteiger charge is 2.31. The van der Waals surface area contributed by atoms with Crippen molar-refractivity contribution >= 4 is 10.0 Å². The Morgan fingerprint density at radius 3 is 2.25 bits per heavy atom. The maximum Gasteiger partial charge on any atom is 0.261 e. The second-order valence-electron chi connectivity index (χ2n) is 4.75. The van der Waals surface area contributed by atoms with Gasteiger partial charge in [0.05, 0.1) is 0 Å². The van der Waals surface area contributed by atoms with Gasteiger partial charge in [-0.1, -0.05) is 30.3 Å². The molecular weight excluding hydrogens is 274 g/mol. The molecule has 0 aliphatic carbocycles. The lowest BCUT2D eigenvalue weighted by Gasteiger charge is -2.14. The van der Waals surface area contributed by atoms with Crippen LogP contribution in [0.1, 0.15) is 16.7 Å². The minimum absolute atomic E-state index is 0.0718. The standard InChI is InChI=1S/C14H15N3O2S/c15-7-11-5-6-14(16-8-11)20(18,19)17-9-12-3-1-2-4-13(12)10-17/h1-6,8H,7,9-10,15H2. The third kappa shape index (κ3) is 2.22. The van der Waals surface area contributed by atoms with Crippen molar-refractivity contribution in [1.29, 1.82) is 0 Å². The van der Waals surface area contributed by atoms with Gasteiger partial charge >= 0.3 is 0 Å². The summed E-state index contributed by atoms with van der Waals surface area (Å²) in [7, 11) is -3.55. The highest BCUT2D eigenvalue weighted by molar-refractivity contribution is 7.89. The van der Waals surface area contributed by atoms with Crippen molar-refractivity contribution in [2.45, 2.75) is 24.7 Å². The number of fused-ring (bicyclic) bond motifs is 1. The SMILES string of the molecule is NCc1ccc(S(=O)(=O)N2Cc3ccccc3C2)nc1. The molecule has 0 unspecified atom stereocenters. The van der Waals surface area contributed by atoms with Crippen LogP contribution < -0.4 is 5.73 Å². The molecule has 0 bridgehead atoms. The number of aromatic nitrogens is 1. The van der Waals surface area contributed by atoms with Crippen LogP contribution in [-0.4, -0.2) is 17.7 Å². The Balaban J connectivity index is 1.90. The zero-order valence-electron chi connectivity index (χ0n) is 10.9. The van der Waals surface area contributed by atoms with E-state index in [2.05, 4.69) is 4.98 Å². The second-order valence-corrected chi connectivity index (χ2v) is 6.64. The van der Waals surface area contributed by atoms with Crippen LogP contribution in [0.4, 0.5) is 0 Å². The van der Waals surface area contributed by atoms with E-state index >= 15 is 0 Å². The first-order valence-corrected chi connectivity index (χ1v) is 7.77. The van der Waals surface area contributed by atoms with E-state index in [1.54, 1.807) is 6.07 Å². The quantitative estimate of drug-likeness (QED) is 0.922. The minimum atomic E-state index is -3.55. The summed E-state index contributed by atoms with van der Waals surface area (Å²) in [4.78, 5) is 4.02. The van der Waals surface area contributed by atoms with Crippen LogP contribution in [0, 0.1) is 0 Å². The fraction of sp³-hybridized carbons (Fsp3) is 0.214. The van der Waals surface area contributed by atoms with E-state index in [9.17, 15) is 8.42 Å². The van der Waals surface area contributed by atoms with E-state index in [1.165, 1.54) is 16.6 Å². The van der Waals surface area contributed by atoms with Crippen molar-refractivity contribution in [3.8, 4) is 0 Å². The zero-order valence-corrected chi connectivity index (χ0v) is 11.7. The number of sulfonamides is 1. The van der Waals surface area contributed by atoms with Crippen LogP contribution in [0.25, 0.3) is 0 Å². The third-order valence-corrected chi connectivity index (χ3v) is 5.16. The smallest absolute Gasteiger partial charge is 0.261 e. The fourth-order valence-electron chi connectivity index (χ4n) is 2.29. The molecule has 6 heteroatoms. The summed E-state index contributed by atoms with van der Waals surface area (Å²) < 4.78 is 26.5. The molecule has 1 aliphatic rings. The highest BCUT2D eigenvalue weighted by Crippen LogP contribution is 2.27. The Hall–Kier alpha value is -1.76. The van der Waals surface area contributed by atoms with E-state index in [0.717, 1.165) is 16.7 Å². The average molecular weight is 289 g/mol. The average Bonchev–Trinajstić information content (AvgIpc) is 2.92. The first-order chi connectivity index (χ1) is 9.61. The molecule has 104 valence electrons. The normalized spacial score (nSPS) is 15.2. The first kappa shape index (κ1) is 13.2. The molecule has 0 fully saturated rings. The predicted molar refractivity (Wildman–Crippen MR) is 75.0 cm³/mol. The number of rotatable bonds is 3. The van der Waals surface area contributed by atoms with Crippen molar-refractivity contribution in [2.24, 2.45) is 5.73 Å². The molecule has 2 N–H and O–H groups in total. The molecule has 20 heavy (non-hydrogen) atoms. The first-order valence-electron chi connectivity index (χ1n) is 6.33. The Kier molecular flexibility index (Phi) is 3.29. The molecule has 0 spiro atoms. The molecular formula is C14H15N3O2S. The zero-order chi connectivity index (χ0) is 14.2. The molecule has 2 aromatic rings. The maximum absolute atomic E-state index is 12.5. The Morgan fingerprint density at radius 2 is 1.75 bits per heavy atom. The number of hydrogen-bond donors (Lipinski definition) is 1. The lowest BCUT2D eigenvalue weighted by atomic mass is 10.1. The molecule has 0 amide bonds. The van der Waals surface area contributed by atoms with Gasteiger partial charge in [-0.15, -0.1) is 0 Å². The molecule has 3 rings (SSSR count). The summed E-state index contributed by atoms with van der Waals surface area (Å²) in [5, 5.41) is 0.0718. The van der Waals surface area contributed by atoms with E-state index < -0.39 is 10.0 Å².